The number of hydrogen-bond donors (Lipinski definition) is 0. The number of methoxy groups -OCH3 is 1. The van der Waals surface area contributed by atoms with Crippen LogP contribution >= 0.6 is 0 Å². The van der Waals surface area contributed by atoms with Crippen LogP contribution in [-0.2, 0) is 9.53 Å². The van der Waals surface area contributed by atoms with Gasteiger partial charge in [0.25, 0.3) is 0 Å². The summed E-state index contributed by atoms with van der Waals surface area (Å²) < 4.78 is 16.4. The molecule has 1 aliphatic heterocycles. The van der Waals surface area contributed by atoms with Crippen molar-refractivity contribution in [1.82, 2.24) is 0 Å². The molecule has 0 fully saturated rings. The Bertz CT molecular complexity index is 1160. The van der Waals surface area contributed by atoms with Crippen molar-refractivity contribution in [2.75, 3.05) is 13.7 Å². The van der Waals surface area contributed by atoms with Crippen molar-refractivity contribution in [3.63, 3.8) is 0 Å². The van der Waals surface area contributed by atoms with E-state index in [1.807, 2.05) is 48.5 Å². The fraction of sp³-hybridized carbons (Fsp3) is 0.0833. The lowest BCUT2D eigenvalue weighted by atomic mass is 10.0. The Morgan fingerprint density at radius 2 is 1.90 bits per heavy atom. The summed E-state index contributed by atoms with van der Waals surface area (Å²) in [6.07, 6.45) is 3.33. The number of aliphatic imine (C=N–C) groups is 1. The third-order valence-electron chi connectivity index (χ3n) is 4.49. The van der Waals surface area contributed by atoms with Crippen LogP contribution < -0.4 is 9.47 Å². The van der Waals surface area contributed by atoms with E-state index < -0.39 is 5.97 Å². The molecule has 0 bridgehead atoms. The number of nitrogens with zero attached hydrogens (tertiary/aromatic N) is 1. The number of fused-ring (bicyclic) bond motifs is 1. The van der Waals surface area contributed by atoms with Crippen molar-refractivity contribution in [3.8, 4) is 11.5 Å². The highest BCUT2D eigenvalue weighted by Gasteiger charge is 2.25. The maximum atomic E-state index is 12.4. The summed E-state index contributed by atoms with van der Waals surface area (Å²) >= 11 is 0. The number of hydrogen-bond acceptors (Lipinski definition) is 5. The zero-order valence-electron chi connectivity index (χ0n) is 15.9. The monoisotopic (exact) mass is 385 g/mol. The Kier molecular flexibility index (Phi) is 5.12. The van der Waals surface area contributed by atoms with Gasteiger partial charge < -0.3 is 14.2 Å². The van der Waals surface area contributed by atoms with Gasteiger partial charge in [0.2, 0.25) is 5.90 Å². The molecule has 3 aromatic rings. The van der Waals surface area contributed by atoms with Gasteiger partial charge in [-0.1, -0.05) is 55.1 Å². The summed E-state index contributed by atoms with van der Waals surface area (Å²) in [6, 6.07) is 19.1. The second-order valence-corrected chi connectivity index (χ2v) is 6.37. The van der Waals surface area contributed by atoms with Crippen LogP contribution in [0.5, 0.6) is 11.5 Å². The van der Waals surface area contributed by atoms with Gasteiger partial charge in [0.15, 0.2) is 17.2 Å². The van der Waals surface area contributed by atoms with Crippen LogP contribution in [-0.4, -0.2) is 25.6 Å². The molecule has 4 rings (SSSR count). The van der Waals surface area contributed by atoms with Crippen LogP contribution in [0.15, 0.2) is 84.0 Å². The SMILES string of the molecule is C=CCOc1ccc(C=C2N=C(c3cccc4ccccc34)OC2=O)cc1OC. The molecule has 0 unspecified atom stereocenters. The van der Waals surface area contributed by atoms with E-state index in [-0.39, 0.29) is 5.70 Å². The maximum absolute atomic E-state index is 12.4. The second-order valence-electron chi connectivity index (χ2n) is 6.37. The molecule has 0 amide bonds. The minimum absolute atomic E-state index is 0.231. The van der Waals surface area contributed by atoms with Gasteiger partial charge in [-0.05, 0) is 40.6 Å². The topological polar surface area (TPSA) is 57.1 Å². The Morgan fingerprint density at radius 3 is 2.72 bits per heavy atom. The van der Waals surface area contributed by atoms with Crippen molar-refractivity contribution < 1.29 is 19.0 Å². The molecule has 5 nitrogen and oxygen atoms in total. The standard InChI is InChI=1S/C24H19NO4/c1-3-13-28-21-12-11-16(15-22(21)27-2)14-20-24(26)29-23(25-20)19-10-6-8-17-7-4-5-9-18(17)19/h3-12,14-15H,1,13H2,2H3. The molecule has 0 aliphatic carbocycles. The average Bonchev–Trinajstić information content (AvgIpc) is 3.12. The lowest BCUT2D eigenvalue weighted by Crippen LogP contribution is -2.05. The van der Waals surface area contributed by atoms with E-state index >= 15 is 0 Å². The van der Waals surface area contributed by atoms with Crippen LogP contribution in [0.4, 0.5) is 0 Å². The van der Waals surface area contributed by atoms with Gasteiger partial charge in [0.05, 0.1) is 7.11 Å². The molecule has 0 radical (unpaired) electrons. The van der Waals surface area contributed by atoms with Crippen molar-refractivity contribution in [1.29, 1.82) is 0 Å². The van der Waals surface area contributed by atoms with Gasteiger partial charge in [-0.15, -0.1) is 0 Å². The van der Waals surface area contributed by atoms with E-state index in [0.717, 1.165) is 21.9 Å². The molecule has 5 heteroatoms. The summed E-state index contributed by atoms with van der Waals surface area (Å²) in [6.45, 7) is 4.01. The summed E-state index contributed by atoms with van der Waals surface area (Å²) in [5.74, 6) is 0.976. The van der Waals surface area contributed by atoms with Crippen LogP contribution in [0.3, 0.4) is 0 Å². The first kappa shape index (κ1) is 18.5. The quantitative estimate of drug-likeness (QED) is 0.349. The van der Waals surface area contributed by atoms with E-state index in [1.54, 1.807) is 31.4 Å². The lowest BCUT2D eigenvalue weighted by Gasteiger charge is -2.09. The molecule has 0 atom stereocenters. The zero-order chi connectivity index (χ0) is 20.2. The minimum atomic E-state index is -0.487. The second kappa shape index (κ2) is 8.02. The summed E-state index contributed by atoms with van der Waals surface area (Å²) in [4.78, 5) is 16.8. The molecule has 144 valence electrons. The van der Waals surface area contributed by atoms with E-state index in [1.165, 1.54) is 0 Å². The fourth-order valence-electron chi connectivity index (χ4n) is 3.14. The molecule has 0 spiro atoms. The maximum Gasteiger partial charge on any atom is 0.363 e. The number of ether oxygens (including phenoxy) is 3. The Labute approximate surface area is 168 Å². The van der Waals surface area contributed by atoms with E-state index in [9.17, 15) is 4.79 Å². The largest absolute Gasteiger partial charge is 0.493 e. The summed E-state index contributed by atoms with van der Waals surface area (Å²) in [5, 5.41) is 2.04. The van der Waals surface area contributed by atoms with Crippen molar-refractivity contribution in [2.45, 2.75) is 0 Å². The fourth-order valence-corrected chi connectivity index (χ4v) is 3.14. The molecule has 1 heterocycles. The highest BCUT2D eigenvalue weighted by molar-refractivity contribution is 6.17. The zero-order valence-corrected chi connectivity index (χ0v) is 15.9. The van der Waals surface area contributed by atoms with Gasteiger partial charge in [-0.2, -0.15) is 0 Å². The smallest absolute Gasteiger partial charge is 0.363 e. The lowest BCUT2D eigenvalue weighted by molar-refractivity contribution is -0.129. The van der Waals surface area contributed by atoms with Crippen LogP contribution in [0, 0.1) is 0 Å². The molecule has 0 saturated heterocycles. The molecular weight excluding hydrogens is 366 g/mol. The number of esters is 1. The number of benzene rings is 3. The first-order valence-electron chi connectivity index (χ1n) is 9.12. The Morgan fingerprint density at radius 1 is 1.07 bits per heavy atom. The van der Waals surface area contributed by atoms with Crippen molar-refractivity contribution >= 4 is 28.7 Å². The van der Waals surface area contributed by atoms with Crippen molar-refractivity contribution in [2.24, 2.45) is 4.99 Å². The predicted octanol–water partition coefficient (Wildman–Crippen LogP) is 4.76. The molecule has 29 heavy (non-hydrogen) atoms. The predicted molar refractivity (Wildman–Crippen MR) is 113 cm³/mol. The average molecular weight is 385 g/mol. The normalized spacial score (nSPS) is 14.6. The molecular formula is C24H19NO4. The van der Waals surface area contributed by atoms with Crippen LogP contribution in [0.1, 0.15) is 11.1 Å². The summed E-state index contributed by atoms with van der Waals surface area (Å²) in [5.41, 5.74) is 1.77. The molecule has 0 N–H and O–H groups in total. The first-order valence-corrected chi connectivity index (χ1v) is 9.12. The Hall–Kier alpha value is -3.86. The number of carbonyl (C=O) groups excluding carboxylic acids is 1. The Balaban J connectivity index is 1.68. The summed E-state index contributed by atoms with van der Waals surface area (Å²) in [7, 11) is 1.56. The van der Waals surface area contributed by atoms with Gasteiger partial charge in [0, 0.05) is 5.56 Å². The minimum Gasteiger partial charge on any atom is -0.493 e. The molecule has 0 saturated carbocycles. The number of cyclic esters (lactones) is 1. The van der Waals surface area contributed by atoms with Gasteiger partial charge in [0.1, 0.15) is 6.61 Å². The highest BCUT2D eigenvalue weighted by atomic mass is 16.6. The van der Waals surface area contributed by atoms with Gasteiger partial charge >= 0.3 is 5.97 Å². The molecule has 0 aromatic heterocycles. The van der Waals surface area contributed by atoms with Crippen LogP contribution in [0.2, 0.25) is 0 Å². The third-order valence-corrected chi connectivity index (χ3v) is 4.49. The number of carbonyl (C=O) groups is 1. The third kappa shape index (κ3) is 3.75. The first-order chi connectivity index (χ1) is 14.2. The van der Waals surface area contributed by atoms with E-state index in [2.05, 4.69) is 11.6 Å². The molecule has 1 aliphatic rings. The van der Waals surface area contributed by atoms with Crippen LogP contribution in [0.25, 0.3) is 16.8 Å². The van der Waals surface area contributed by atoms with Crippen molar-refractivity contribution in [3.05, 3.63) is 90.1 Å². The molecule has 3 aromatic carbocycles. The number of rotatable bonds is 6. The highest BCUT2D eigenvalue weighted by Crippen LogP contribution is 2.30. The van der Waals surface area contributed by atoms with Gasteiger partial charge in [-0.25, -0.2) is 9.79 Å². The van der Waals surface area contributed by atoms with E-state index in [0.29, 0.717) is 24.0 Å². The van der Waals surface area contributed by atoms with E-state index in [4.69, 9.17) is 14.2 Å². The van der Waals surface area contributed by atoms with Gasteiger partial charge in [-0.3, -0.25) is 0 Å².